The third-order valence-corrected chi connectivity index (χ3v) is 6.67. The van der Waals surface area contributed by atoms with Crippen molar-refractivity contribution in [2.75, 3.05) is 13.8 Å². The molecule has 16 heavy (non-hydrogen) atoms. The Morgan fingerprint density at radius 3 is 2.31 bits per heavy atom. The highest BCUT2D eigenvalue weighted by atomic mass is 31.2. The van der Waals surface area contributed by atoms with Crippen molar-refractivity contribution >= 4 is 7.60 Å². The number of hydrogen-bond acceptors (Lipinski definition) is 3. The Morgan fingerprint density at radius 1 is 1.31 bits per heavy atom. The smallest absolute Gasteiger partial charge is 0.312 e. The minimum atomic E-state index is -2.85. The summed E-state index contributed by atoms with van der Waals surface area (Å²) in [6, 6.07) is 0. The van der Waals surface area contributed by atoms with Gasteiger partial charge < -0.3 is 9.05 Å². The van der Waals surface area contributed by atoms with Gasteiger partial charge in [-0.2, -0.15) is 0 Å². The van der Waals surface area contributed by atoms with E-state index < -0.39 is 7.60 Å². The Labute approximate surface area is 98.4 Å². The minimum Gasteiger partial charge on any atom is -0.312 e. The first-order valence-corrected chi connectivity index (χ1v) is 8.03. The molecule has 2 bridgehead atoms. The van der Waals surface area contributed by atoms with E-state index in [0.29, 0.717) is 11.3 Å². The van der Waals surface area contributed by atoms with Crippen LogP contribution in [0, 0.1) is 16.7 Å². The zero-order valence-corrected chi connectivity index (χ0v) is 11.8. The summed E-state index contributed by atoms with van der Waals surface area (Å²) in [6.45, 7) is 8.48. The van der Waals surface area contributed by atoms with Gasteiger partial charge in [-0.25, -0.2) is 0 Å². The fourth-order valence-corrected chi connectivity index (χ4v) is 4.43. The van der Waals surface area contributed by atoms with E-state index >= 15 is 0 Å². The molecule has 0 amide bonds. The number of rotatable bonds is 3. The summed E-state index contributed by atoms with van der Waals surface area (Å²) in [7, 11) is -1.39. The highest BCUT2D eigenvalue weighted by Gasteiger charge is 2.62. The SMILES string of the molecule is COP(C)(=O)O[C@H]1C[C@H]2CC[C@]1(C)C2(C)C. The highest BCUT2D eigenvalue weighted by molar-refractivity contribution is 7.52. The molecule has 1 unspecified atom stereocenters. The Hall–Kier alpha value is 0.150. The van der Waals surface area contributed by atoms with Crippen LogP contribution >= 0.6 is 7.60 Å². The van der Waals surface area contributed by atoms with Crippen LogP contribution in [0.25, 0.3) is 0 Å². The van der Waals surface area contributed by atoms with Gasteiger partial charge in [0.15, 0.2) is 0 Å². The molecule has 3 nitrogen and oxygen atoms in total. The van der Waals surface area contributed by atoms with Gasteiger partial charge in [0, 0.05) is 13.8 Å². The Balaban J connectivity index is 2.19. The first-order valence-electron chi connectivity index (χ1n) is 6.04. The summed E-state index contributed by atoms with van der Waals surface area (Å²) < 4.78 is 22.6. The third kappa shape index (κ3) is 1.60. The topological polar surface area (TPSA) is 35.5 Å². The summed E-state index contributed by atoms with van der Waals surface area (Å²) in [6.07, 6.45) is 3.59. The molecular formula is C12H23O3P. The first kappa shape index (κ1) is 12.6. The Bertz CT molecular complexity index is 339. The standard InChI is InChI=1S/C12H23O3P/c1-11(2)9-6-7-12(11,3)10(8-9)15-16(5,13)14-4/h9-10H,6-8H2,1-5H3/t9-,10+,12+,16?/m1/s1. The van der Waals surface area contributed by atoms with Crippen molar-refractivity contribution in [1.29, 1.82) is 0 Å². The van der Waals surface area contributed by atoms with E-state index in [2.05, 4.69) is 20.8 Å². The number of hydrogen-bond donors (Lipinski definition) is 0. The Morgan fingerprint density at radius 2 is 1.94 bits per heavy atom. The van der Waals surface area contributed by atoms with Crippen LogP contribution in [0.2, 0.25) is 0 Å². The maximum Gasteiger partial charge on any atom is 0.327 e. The van der Waals surface area contributed by atoms with Crippen molar-refractivity contribution in [2.24, 2.45) is 16.7 Å². The van der Waals surface area contributed by atoms with Gasteiger partial charge in [0.05, 0.1) is 6.10 Å². The predicted molar refractivity (Wildman–Crippen MR) is 64.6 cm³/mol. The third-order valence-electron chi connectivity index (χ3n) is 5.36. The lowest BCUT2D eigenvalue weighted by atomic mass is 9.70. The summed E-state index contributed by atoms with van der Waals surface area (Å²) in [5.41, 5.74) is 0.452. The van der Waals surface area contributed by atoms with Crippen LogP contribution in [-0.2, 0) is 13.6 Å². The van der Waals surface area contributed by atoms with Crippen molar-refractivity contribution in [1.82, 2.24) is 0 Å². The zero-order valence-electron chi connectivity index (χ0n) is 10.9. The average molecular weight is 246 g/mol. The number of fused-ring (bicyclic) bond motifs is 2. The molecule has 4 atom stereocenters. The second kappa shape index (κ2) is 3.57. The van der Waals surface area contributed by atoms with Crippen LogP contribution in [0.15, 0.2) is 0 Å². The largest absolute Gasteiger partial charge is 0.327 e. The van der Waals surface area contributed by atoms with Crippen molar-refractivity contribution in [3.63, 3.8) is 0 Å². The van der Waals surface area contributed by atoms with Crippen LogP contribution in [0.1, 0.15) is 40.0 Å². The molecule has 0 aliphatic heterocycles. The van der Waals surface area contributed by atoms with Gasteiger partial charge in [-0.3, -0.25) is 4.57 Å². The molecule has 0 aromatic carbocycles. The quantitative estimate of drug-likeness (QED) is 0.712. The molecule has 2 fully saturated rings. The molecule has 0 aromatic heterocycles. The second-order valence-electron chi connectivity index (χ2n) is 6.16. The van der Waals surface area contributed by atoms with Crippen LogP contribution in [-0.4, -0.2) is 19.9 Å². The van der Waals surface area contributed by atoms with Gasteiger partial charge in [0.2, 0.25) is 0 Å². The van der Waals surface area contributed by atoms with Crippen molar-refractivity contribution in [2.45, 2.75) is 46.1 Å². The van der Waals surface area contributed by atoms with Crippen LogP contribution in [0.4, 0.5) is 0 Å². The minimum absolute atomic E-state index is 0.0945. The molecule has 0 heterocycles. The molecule has 0 spiro atoms. The van der Waals surface area contributed by atoms with E-state index in [1.807, 2.05) is 0 Å². The maximum absolute atomic E-state index is 11.9. The summed E-state index contributed by atoms with van der Waals surface area (Å²) in [5, 5.41) is 0. The normalized spacial score (nSPS) is 44.6. The fraction of sp³-hybridized carbons (Fsp3) is 1.00. The highest BCUT2D eigenvalue weighted by Crippen LogP contribution is 2.68. The van der Waals surface area contributed by atoms with Gasteiger partial charge in [-0.15, -0.1) is 0 Å². The monoisotopic (exact) mass is 246 g/mol. The molecular weight excluding hydrogens is 223 g/mol. The van der Waals surface area contributed by atoms with Crippen LogP contribution in [0.3, 0.4) is 0 Å². The lowest BCUT2D eigenvalue weighted by Crippen LogP contribution is -2.36. The van der Waals surface area contributed by atoms with Crippen molar-refractivity contribution < 1.29 is 13.6 Å². The van der Waals surface area contributed by atoms with Gasteiger partial charge in [0.1, 0.15) is 0 Å². The molecule has 4 heteroatoms. The van der Waals surface area contributed by atoms with E-state index in [1.165, 1.54) is 20.0 Å². The van der Waals surface area contributed by atoms with Crippen LogP contribution in [0.5, 0.6) is 0 Å². The zero-order chi connectivity index (χ0) is 12.2. The first-order chi connectivity index (χ1) is 7.23. The van der Waals surface area contributed by atoms with Gasteiger partial charge in [0.25, 0.3) is 0 Å². The lowest BCUT2D eigenvalue weighted by molar-refractivity contribution is 0.0218. The molecule has 2 aliphatic carbocycles. The molecule has 94 valence electrons. The summed E-state index contributed by atoms with van der Waals surface area (Å²) in [5.74, 6) is 0.708. The fourth-order valence-electron chi connectivity index (χ4n) is 3.56. The molecule has 0 saturated heterocycles. The molecule has 0 aromatic rings. The molecule has 0 N–H and O–H groups in total. The van der Waals surface area contributed by atoms with Gasteiger partial charge >= 0.3 is 7.60 Å². The van der Waals surface area contributed by atoms with E-state index in [9.17, 15) is 4.57 Å². The molecule has 2 saturated carbocycles. The van der Waals surface area contributed by atoms with Gasteiger partial charge in [-0.1, -0.05) is 20.8 Å². The van der Waals surface area contributed by atoms with Crippen LogP contribution < -0.4 is 0 Å². The average Bonchev–Trinajstić information content (AvgIpc) is 2.50. The van der Waals surface area contributed by atoms with E-state index in [1.54, 1.807) is 6.66 Å². The van der Waals surface area contributed by atoms with Crippen molar-refractivity contribution in [3.8, 4) is 0 Å². The molecule has 2 aliphatic rings. The summed E-state index contributed by atoms with van der Waals surface area (Å²) in [4.78, 5) is 0. The van der Waals surface area contributed by atoms with E-state index in [0.717, 1.165) is 6.42 Å². The molecule has 0 radical (unpaired) electrons. The van der Waals surface area contributed by atoms with Gasteiger partial charge in [-0.05, 0) is 36.0 Å². The summed E-state index contributed by atoms with van der Waals surface area (Å²) >= 11 is 0. The lowest BCUT2D eigenvalue weighted by Gasteiger charge is -2.39. The molecule has 2 rings (SSSR count). The second-order valence-corrected chi connectivity index (χ2v) is 8.28. The van der Waals surface area contributed by atoms with Crippen molar-refractivity contribution in [3.05, 3.63) is 0 Å². The Kier molecular flexibility index (Phi) is 2.81. The van der Waals surface area contributed by atoms with E-state index in [-0.39, 0.29) is 11.5 Å². The predicted octanol–water partition coefficient (Wildman–Crippen LogP) is 3.69. The van der Waals surface area contributed by atoms with E-state index in [4.69, 9.17) is 9.05 Å². The maximum atomic E-state index is 11.9.